The van der Waals surface area contributed by atoms with Gasteiger partial charge in [-0.15, -0.1) is 0 Å². The Morgan fingerprint density at radius 3 is 1.96 bits per heavy atom. The summed E-state index contributed by atoms with van der Waals surface area (Å²) in [5.74, 6) is 0.550. The van der Waals surface area contributed by atoms with Crippen LogP contribution in [0, 0.1) is 11.8 Å². The molecule has 2 saturated heterocycles. The summed E-state index contributed by atoms with van der Waals surface area (Å²) < 4.78 is 31.3. The van der Waals surface area contributed by atoms with Gasteiger partial charge in [-0.1, -0.05) is 0 Å². The zero-order valence-electron chi connectivity index (χ0n) is 18.3. The first-order valence-corrected chi connectivity index (χ1v) is 12.8. The maximum Gasteiger partial charge on any atom is 0.193 e. The van der Waals surface area contributed by atoms with Crippen LogP contribution < -0.4 is 0 Å². The predicted molar refractivity (Wildman–Crippen MR) is 112 cm³/mol. The molecule has 0 aromatic carbocycles. The minimum Gasteiger partial charge on any atom is -0.374 e. The van der Waals surface area contributed by atoms with Crippen molar-refractivity contribution in [3.8, 4) is 0 Å². The maximum atomic E-state index is 6.61. The third-order valence-electron chi connectivity index (χ3n) is 7.73. The average Bonchev–Trinajstić information content (AvgIpc) is 3.59. The first kappa shape index (κ1) is 21.3. The van der Waals surface area contributed by atoms with Crippen molar-refractivity contribution in [2.75, 3.05) is 19.8 Å². The van der Waals surface area contributed by atoms with E-state index in [4.69, 9.17) is 23.7 Å². The van der Waals surface area contributed by atoms with Gasteiger partial charge in [0.1, 0.15) is 5.22 Å². The van der Waals surface area contributed by atoms with Crippen LogP contribution in [0.25, 0.3) is 0 Å². The second-order valence-corrected chi connectivity index (χ2v) is 10.8. The fourth-order valence-electron chi connectivity index (χ4n) is 6.07. The molecular weight excluding hydrogens is 372 g/mol. The van der Waals surface area contributed by atoms with Gasteiger partial charge in [0.05, 0.1) is 34.7 Å². The molecule has 0 radical (unpaired) electrons. The average molecular weight is 413 g/mol. The second kappa shape index (κ2) is 8.64. The zero-order chi connectivity index (χ0) is 19.8. The quantitative estimate of drug-likeness (QED) is 0.297. The van der Waals surface area contributed by atoms with Crippen molar-refractivity contribution in [2.45, 2.75) is 108 Å². The van der Waals surface area contributed by atoms with Crippen molar-refractivity contribution in [2.24, 2.45) is 11.8 Å². The van der Waals surface area contributed by atoms with Gasteiger partial charge in [-0.05, 0) is 77.6 Å². The van der Waals surface area contributed by atoms with Crippen LogP contribution in [-0.4, -0.2) is 65.5 Å². The molecule has 2 aliphatic carbocycles. The summed E-state index contributed by atoms with van der Waals surface area (Å²) in [6.07, 6.45) is 11.2. The first-order chi connectivity index (χ1) is 13.5. The van der Waals surface area contributed by atoms with Crippen LogP contribution in [0.2, 0.25) is 0 Å². The third kappa shape index (κ3) is 4.10. The molecule has 7 unspecified atom stereocenters. The lowest BCUT2D eigenvalue weighted by molar-refractivity contribution is -0.321. The van der Waals surface area contributed by atoms with E-state index in [-0.39, 0.29) is 5.22 Å². The van der Waals surface area contributed by atoms with Gasteiger partial charge in [-0.2, -0.15) is 0 Å². The Kier molecular flexibility index (Phi) is 6.56. The molecule has 5 nitrogen and oxygen atoms in total. The molecule has 0 aromatic heterocycles. The van der Waals surface area contributed by atoms with Gasteiger partial charge in [0.15, 0.2) is 5.79 Å². The lowest BCUT2D eigenvalue weighted by Gasteiger charge is -2.52. The molecule has 2 heterocycles. The zero-order valence-corrected chi connectivity index (χ0v) is 20.3. The standard InChI is InChI=1S/C22H40O5Si/c1-4-23-21(24-5-2,12-11-15-7-9-17-19(13-15)26-17)22(28,25-6-3)16-8-10-18-20(14-16)27-18/h15-20H,4-14H2,1-3,28H3. The van der Waals surface area contributed by atoms with E-state index in [2.05, 4.69) is 20.8 Å². The molecule has 2 saturated carbocycles. The topological polar surface area (TPSA) is 52.8 Å². The van der Waals surface area contributed by atoms with E-state index in [0.717, 1.165) is 48.3 Å². The van der Waals surface area contributed by atoms with E-state index in [1.807, 2.05) is 0 Å². The molecule has 0 amide bonds. The molecule has 7 atom stereocenters. The summed E-state index contributed by atoms with van der Waals surface area (Å²) in [5, 5.41) is -0.321. The fourth-order valence-corrected chi connectivity index (χ4v) is 7.43. The molecule has 28 heavy (non-hydrogen) atoms. The van der Waals surface area contributed by atoms with Crippen molar-refractivity contribution in [1.82, 2.24) is 0 Å². The highest BCUT2D eigenvalue weighted by Gasteiger charge is 2.59. The van der Waals surface area contributed by atoms with E-state index in [1.54, 1.807) is 0 Å². The first-order valence-electron chi connectivity index (χ1n) is 11.8. The van der Waals surface area contributed by atoms with Crippen LogP contribution in [-0.2, 0) is 23.7 Å². The van der Waals surface area contributed by atoms with Crippen LogP contribution in [0.4, 0.5) is 0 Å². The Bertz CT molecular complexity index is 525. The van der Waals surface area contributed by atoms with Gasteiger partial charge in [0, 0.05) is 26.2 Å². The van der Waals surface area contributed by atoms with Crippen molar-refractivity contribution in [1.29, 1.82) is 0 Å². The molecule has 162 valence electrons. The second-order valence-electron chi connectivity index (χ2n) is 9.31. The summed E-state index contributed by atoms with van der Waals surface area (Å²) in [6.45, 7) is 8.31. The summed E-state index contributed by atoms with van der Waals surface area (Å²) >= 11 is 0. The molecule has 0 aromatic rings. The van der Waals surface area contributed by atoms with Gasteiger partial charge in [-0.3, -0.25) is 0 Å². The molecule has 0 N–H and O–H groups in total. The number of fused-ring (bicyclic) bond motifs is 2. The third-order valence-corrected chi connectivity index (χ3v) is 9.60. The lowest BCUT2D eigenvalue weighted by Crippen LogP contribution is -2.64. The van der Waals surface area contributed by atoms with Gasteiger partial charge >= 0.3 is 0 Å². The largest absolute Gasteiger partial charge is 0.374 e. The molecule has 4 aliphatic rings. The minimum atomic E-state index is -0.633. The summed E-state index contributed by atoms with van der Waals surface area (Å²) in [4.78, 5) is 0. The van der Waals surface area contributed by atoms with Crippen LogP contribution in [0.3, 0.4) is 0 Å². The van der Waals surface area contributed by atoms with E-state index < -0.39 is 5.79 Å². The predicted octanol–water partition coefficient (Wildman–Crippen LogP) is 2.77. The molecule has 0 bridgehead atoms. The Labute approximate surface area is 173 Å². The number of ether oxygens (including phenoxy) is 5. The summed E-state index contributed by atoms with van der Waals surface area (Å²) in [5.41, 5.74) is 0. The number of epoxide rings is 2. The van der Waals surface area contributed by atoms with Gasteiger partial charge in [-0.25, -0.2) is 0 Å². The number of rotatable bonds is 11. The monoisotopic (exact) mass is 412 g/mol. The van der Waals surface area contributed by atoms with E-state index in [1.165, 1.54) is 19.3 Å². The Morgan fingerprint density at radius 2 is 1.39 bits per heavy atom. The van der Waals surface area contributed by atoms with Crippen molar-refractivity contribution < 1.29 is 23.7 Å². The Balaban J connectivity index is 1.53. The molecule has 4 fully saturated rings. The van der Waals surface area contributed by atoms with Crippen LogP contribution in [0.1, 0.15) is 72.1 Å². The van der Waals surface area contributed by atoms with E-state index >= 15 is 0 Å². The Morgan fingerprint density at radius 1 is 0.786 bits per heavy atom. The van der Waals surface area contributed by atoms with Gasteiger partial charge < -0.3 is 23.7 Å². The van der Waals surface area contributed by atoms with Crippen molar-refractivity contribution >= 4 is 10.2 Å². The minimum absolute atomic E-state index is 0.321. The molecule has 6 heteroatoms. The highest BCUT2D eigenvalue weighted by molar-refractivity contribution is 6.15. The molecule has 0 spiro atoms. The highest BCUT2D eigenvalue weighted by Crippen LogP contribution is 2.50. The van der Waals surface area contributed by atoms with Crippen LogP contribution in [0.5, 0.6) is 0 Å². The van der Waals surface area contributed by atoms with Crippen molar-refractivity contribution in [3.05, 3.63) is 0 Å². The van der Waals surface area contributed by atoms with Crippen molar-refractivity contribution in [3.63, 3.8) is 0 Å². The molecular formula is C22H40O5Si. The van der Waals surface area contributed by atoms with E-state index in [9.17, 15) is 0 Å². The summed E-state index contributed by atoms with van der Waals surface area (Å²) in [6, 6.07) is 0. The number of hydrogen-bond acceptors (Lipinski definition) is 5. The SMILES string of the molecule is CCOC(CCC1CCC2OC2C1)(OCC)C([SiH3])(OCC)C1CCC2OC2C1. The normalized spacial score (nSPS) is 39.1. The molecule has 2 aliphatic heterocycles. The molecule has 4 rings (SSSR count). The Hall–Kier alpha value is 0.0169. The lowest BCUT2D eigenvalue weighted by atomic mass is 9.78. The highest BCUT2D eigenvalue weighted by atomic mass is 28.1. The number of hydrogen-bond donors (Lipinski definition) is 0. The van der Waals surface area contributed by atoms with Crippen LogP contribution >= 0.6 is 0 Å². The van der Waals surface area contributed by atoms with Gasteiger partial charge in [0.25, 0.3) is 0 Å². The maximum absolute atomic E-state index is 6.61. The summed E-state index contributed by atoms with van der Waals surface area (Å²) in [7, 11) is 0.894. The van der Waals surface area contributed by atoms with E-state index in [0.29, 0.717) is 50.2 Å². The fraction of sp³-hybridized carbons (Fsp3) is 1.00. The van der Waals surface area contributed by atoms with Gasteiger partial charge in [0.2, 0.25) is 0 Å². The smallest absolute Gasteiger partial charge is 0.193 e. The van der Waals surface area contributed by atoms with Crippen LogP contribution in [0.15, 0.2) is 0 Å².